The summed E-state index contributed by atoms with van der Waals surface area (Å²) < 4.78 is 5.99. The monoisotopic (exact) mass is 291 g/mol. The second kappa shape index (κ2) is 5.98. The van der Waals surface area contributed by atoms with Crippen molar-refractivity contribution >= 4 is 0 Å². The third-order valence-corrected chi connectivity index (χ3v) is 4.43. The largest absolute Gasteiger partial charge is 0.490 e. The molecule has 3 N–H and O–H groups in total. The zero-order chi connectivity index (χ0) is 15.7. The summed E-state index contributed by atoms with van der Waals surface area (Å²) in [6, 6.07) is 6.35. The zero-order valence-electron chi connectivity index (χ0n) is 13.8. The number of rotatable bonds is 6. The van der Waals surface area contributed by atoms with Gasteiger partial charge in [-0.1, -0.05) is 39.8 Å². The van der Waals surface area contributed by atoms with E-state index in [0.29, 0.717) is 5.92 Å². The Kier molecular flexibility index (Phi) is 4.64. The lowest BCUT2D eigenvalue weighted by Crippen LogP contribution is -2.45. The summed E-state index contributed by atoms with van der Waals surface area (Å²) in [5.74, 6) is 1.17. The Hall–Kier alpha value is -1.06. The van der Waals surface area contributed by atoms with E-state index in [4.69, 9.17) is 10.5 Å². The van der Waals surface area contributed by atoms with Crippen molar-refractivity contribution in [3.63, 3.8) is 0 Å². The van der Waals surface area contributed by atoms with E-state index in [-0.39, 0.29) is 18.6 Å². The first-order valence-corrected chi connectivity index (χ1v) is 7.99. The quantitative estimate of drug-likeness (QED) is 0.847. The van der Waals surface area contributed by atoms with Crippen molar-refractivity contribution in [3.05, 3.63) is 29.3 Å². The van der Waals surface area contributed by atoms with Crippen LogP contribution in [-0.4, -0.2) is 23.9 Å². The molecule has 0 aromatic heterocycles. The summed E-state index contributed by atoms with van der Waals surface area (Å²) in [6.07, 6.45) is 3.12. The summed E-state index contributed by atoms with van der Waals surface area (Å²) in [4.78, 5) is 0. The highest BCUT2D eigenvalue weighted by Crippen LogP contribution is 2.40. The molecule has 1 aromatic carbocycles. The van der Waals surface area contributed by atoms with Crippen molar-refractivity contribution in [2.45, 2.75) is 58.0 Å². The van der Waals surface area contributed by atoms with Crippen molar-refractivity contribution in [3.8, 4) is 5.75 Å². The highest BCUT2D eigenvalue weighted by molar-refractivity contribution is 5.41. The van der Waals surface area contributed by atoms with Crippen LogP contribution in [0.2, 0.25) is 0 Å². The van der Waals surface area contributed by atoms with Crippen LogP contribution in [-0.2, 0) is 11.8 Å². The maximum atomic E-state index is 10.6. The second-order valence-corrected chi connectivity index (χ2v) is 7.30. The Balaban J connectivity index is 2.19. The SMILES string of the molecule is CCc1ccc(OCC(O)(CN)C2CC2)c(C(C)(C)C)c1. The smallest absolute Gasteiger partial charge is 0.123 e. The summed E-state index contributed by atoms with van der Waals surface area (Å²) in [7, 11) is 0. The van der Waals surface area contributed by atoms with E-state index in [1.165, 1.54) is 11.1 Å². The van der Waals surface area contributed by atoms with Crippen molar-refractivity contribution in [2.75, 3.05) is 13.2 Å². The molecule has 1 unspecified atom stereocenters. The van der Waals surface area contributed by atoms with Gasteiger partial charge in [0.2, 0.25) is 0 Å². The van der Waals surface area contributed by atoms with Crippen LogP contribution in [0.4, 0.5) is 0 Å². The molecule has 1 atom stereocenters. The Labute approximate surface area is 128 Å². The van der Waals surface area contributed by atoms with Crippen LogP contribution in [0.1, 0.15) is 51.7 Å². The number of aliphatic hydroxyl groups is 1. The molecule has 118 valence electrons. The topological polar surface area (TPSA) is 55.5 Å². The third kappa shape index (κ3) is 3.78. The van der Waals surface area contributed by atoms with Gasteiger partial charge < -0.3 is 15.6 Å². The number of hydrogen-bond donors (Lipinski definition) is 2. The van der Waals surface area contributed by atoms with Crippen LogP contribution < -0.4 is 10.5 Å². The van der Waals surface area contributed by atoms with Gasteiger partial charge in [0.1, 0.15) is 18.0 Å². The lowest BCUT2D eigenvalue weighted by molar-refractivity contribution is -0.0166. The molecule has 0 bridgehead atoms. The molecule has 1 fully saturated rings. The van der Waals surface area contributed by atoms with Crippen LogP contribution in [0.3, 0.4) is 0 Å². The van der Waals surface area contributed by atoms with Gasteiger partial charge in [-0.2, -0.15) is 0 Å². The number of nitrogens with two attached hydrogens (primary N) is 1. The van der Waals surface area contributed by atoms with Crippen molar-refractivity contribution < 1.29 is 9.84 Å². The Morgan fingerprint density at radius 1 is 1.29 bits per heavy atom. The fraction of sp³-hybridized carbons (Fsp3) is 0.667. The summed E-state index contributed by atoms with van der Waals surface area (Å²) >= 11 is 0. The molecular formula is C18H29NO2. The molecule has 3 nitrogen and oxygen atoms in total. The third-order valence-electron chi connectivity index (χ3n) is 4.43. The molecule has 0 heterocycles. The Morgan fingerprint density at radius 3 is 2.43 bits per heavy atom. The van der Waals surface area contributed by atoms with E-state index in [1.54, 1.807) is 0 Å². The van der Waals surface area contributed by atoms with E-state index in [1.807, 2.05) is 6.07 Å². The van der Waals surface area contributed by atoms with Crippen LogP contribution in [0.5, 0.6) is 5.75 Å². The van der Waals surface area contributed by atoms with Crippen LogP contribution in [0, 0.1) is 5.92 Å². The second-order valence-electron chi connectivity index (χ2n) is 7.30. The van der Waals surface area contributed by atoms with E-state index in [9.17, 15) is 5.11 Å². The number of ether oxygens (including phenoxy) is 1. The summed E-state index contributed by atoms with van der Waals surface area (Å²) in [6.45, 7) is 9.25. The van der Waals surface area contributed by atoms with Gasteiger partial charge in [0, 0.05) is 6.54 Å². The number of aryl methyl sites for hydroxylation is 1. The minimum Gasteiger partial charge on any atom is -0.490 e. The molecule has 21 heavy (non-hydrogen) atoms. The number of hydrogen-bond acceptors (Lipinski definition) is 3. The molecule has 1 aromatic rings. The first kappa shape index (κ1) is 16.3. The molecule has 2 rings (SSSR count). The van der Waals surface area contributed by atoms with Gasteiger partial charge in [-0.15, -0.1) is 0 Å². The normalized spacial score (nSPS) is 18.4. The fourth-order valence-electron chi connectivity index (χ4n) is 2.68. The van der Waals surface area contributed by atoms with Gasteiger partial charge in [-0.25, -0.2) is 0 Å². The molecule has 1 saturated carbocycles. The van der Waals surface area contributed by atoms with E-state index in [0.717, 1.165) is 25.0 Å². The molecule has 0 aliphatic heterocycles. The van der Waals surface area contributed by atoms with Gasteiger partial charge in [-0.3, -0.25) is 0 Å². The minimum absolute atomic E-state index is 0.0148. The minimum atomic E-state index is -0.876. The van der Waals surface area contributed by atoms with Gasteiger partial charge in [0.05, 0.1) is 0 Å². The van der Waals surface area contributed by atoms with Gasteiger partial charge in [-0.05, 0) is 47.8 Å². The average Bonchev–Trinajstić information content (AvgIpc) is 3.28. The standard InChI is InChI=1S/C18H29NO2/c1-5-13-6-9-16(15(10-13)17(2,3)4)21-12-18(20,11-19)14-7-8-14/h6,9-10,14,20H,5,7-8,11-12,19H2,1-4H3. The summed E-state index contributed by atoms with van der Waals surface area (Å²) in [5, 5.41) is 10.6. The maximum absolute atomic E-state index is 10.6. The molecule has 0 spiro atoms. The zero-order valence-corrected chi connectivity index (χ0v) is 13.8. The first-order valence-electron chi connectivity index (χ1n) is 7.99. The van der Waals surface area contributed by atoms with Crippen LogP contribution in [0.25, 0.3) is 0 Å². The van der Waals surface area contributed by atoms with Gasteiger partial charge >= 0.3 is 0 Å². The molecule has 0 saturated heterocycles. The highest BCUT2D eigenvalue weighted by Gasteiger charge is 2.43. The van der Waals surface area contributed by atoms with Crippen LogP contribution in [0.15, 0.2) is 18.2 Å². The molecule has 1 aliphatic carbocycles. The van der Waals surface area contributed by atoms with Gasteiger partial charge in [0.15, 0.2) is 0 Å². The molecule has 1 aliphatic rings. The fourth-order valence-corrected chi connectivity index (χ4v) is 2.68. The first-order chi connectivity index (χ1) is 9.80. The lowest BCUT2D eigenvalue weighted by atomic mass is 9.85. The number of benzene rings is 1. The lowest BCUT2D eigenvalue weighted by Gasteiger charge is -2.29. The Morgan fingerprint density at radius 2 is 1.95 bits per heavy atom. The molecular weight excluding hydrogens is 262 g/mol. The molecule has 0 radical (unpaired) electrons. The van der Waals surface area contributed by atoms with Crippen molar-refractivity contribution in [1.29, 1.82) is 0 Å². The predicted octanol–water partition coefficient (Wildman–Crippen LogP) is 3.03. The highest BCUT2D eigenvalue weighted by atomic mass is 16.5. The van der Waals surface area contributed by atoms with Crippen LogP contribution >= 0.6 is 0 Å². The van der Waals surface area contributed by atoms with E-state index < -0.39 is 5.60 Å². The van der Waals surface area contributed by atoms with Gasteiger partial charge in [0.25, 0.3) is 0 Å². The maximum Gasteiger partial charge on any atom is 0.123 e. The van der Waals surface area contributed by atoms with E-state index >= 15 is 0 Å². The predicted molar refractivity (Wildman–Crippen MR) is 86.7 cm³/mol. The van der Waals surface area contributed by atoms with Crippen molar-refractivity contribution in [1.82, 2.24) is 0 Å². The average molecular weight is 291 g/mol. The Bertz CT molecular complexity index is 488. The van der Waals surface area contributed by atoms with E-state index in [2.05, 4.69) is 39.8 Å². The molecule has 0 amide bonds. The molecule has 3 heteroatoms. The van der Waals surface area contributed by atoms with Crippen molar-refractivity contribution in [2.24, 2.45) is 11.7 Å². The summed E-state index contributed by atoms with van der Waals surface area (Å²) in [5.41, 5.74) is 7.39.